The van der Waals surface area contributed by atoms with Crippen LogP contribution in [-0.4, -0.2) is 63.1 Å². The van der Waals surface area contributed by atoms with Crippen molar-refractivity contribution in [1.29, 1.82) is 0 Å². The summed E-state index contributed by atoms with van der Waals surface area (Å²) in [5.74, 6) is -1.30. The highest BCUT2D eigenvalue weighted by atomic mass is 19.3. The number of rotatable bonds is 6. The predicted octanol–water partition coefficient (Wildman–Crippen LogP) is 5.74. The van der Waals surface area contributed by atoms with Gasteiger partial charge in [-0.3, -0.25) is 19.8 Å². The molecule has 3 aromatic heterocycles. The van der Waals surface area contributed by atoms with Gasteiger partial charge >= 0.3 is 0 Å². The maximum Gasteiger partial charge on any atom is 0.276 e. The number of amides is 1. The molecule has 1 unspecified atom stereocenters. The Balaban J connectivity index is 1.17. The minimum atomic E-state index is -2.63. The molecule has 8 nitrogen and oxygen atoms in total. The standard InChI is InChI=1S/C30H33F2N7O/c1-20-3-2-10-39(11-8-20)27-7-5-24(17-34-27)35-29(40)28-25-14-22(4-6-26(25)36-37-28)23-13-21(15-33-16-23)18-38-12-9-30(31,32)19-38/h4-7,13-17,20H,2-3,8-12,18-19H2,1H3,(H,35,40)(H,36,37). The molecule has 10 heteroatoms. The van der Waals surface area contributed by atoms with Crippen molar-refractivity contribution in [3.8, 4) is 11.1 Å². The second kappa shape index (κ2) is 10.9. The summed E-state index contributed by atoms with van der Waals surface area (Å²) >= 11 is 0. The molecule has 0 saturated carbocycles. The minimum absolute atomic E-state index is 0.111. The molecule has 5 heterocycles. The summed E-state index contributed by atoms with van der Waals surface area (Å²) in [5.41, 5.74) is 4.20. The number of pyridine rings is 2. The van der Waals surface area contributed by atoms with Gasteiger partial charge in [0.1, 0.15) is 5.82 Å². The zero-order valence-electron chi connectivity index (χ0n) is 22.5. The van der Waals surface area contributed by atoms with Crippen molar-refractivity contribution in [2.45, 2.75) is 45.1 Å². The summed E-state index contributed by atoms with van der Waals surface area (Å²) in [4.78, 5) is 26.2. The van der Waals surface area contributed by atoms with Crippen LogP contribution in [0.5, 0.6) is 0 Å². The Morgan fingerprint density at radius 3 is 2.77 bits per heavy atom. The molecule has 2 saturated heterocycles. The molecule has 0 aliphatic carbocycles. The molecule has 2 aliphatic rings. The van der Waals surface area contributed by atoms with Crippen molar-refractivity contribution in [1.82, 2.24) is 25.1 Å². The molecular formula is C30H33F2N7O. The monoisotopic (exact) mass is 545 g/mol. The van der Waals surface area contributed by atoms with E-state index in [1.54, 1.807) is 23.5 Å². The van der Waals surface area contributed by atoms with Gasteiger partial charge in [-0.25, -0.2) is 13.8 Å². The number of aromatic nitrogens is 4. The second-order valence-electron chi connectivity index (χ2n) is 11.1. The number of fused-ring (bicyclic) bond motifs is 1. The van der Waals surface area contributed by atoms with Crippen molar-refractivity contribution in [2.24, 2.45) is 5.92 Å². The lowest BCUT2D eigenvalue weighted by Crippen LogP contribution is -2.25. The van der Waals surface area contributed by atoms with E-state index in [4.69, 9.17) is 0 Å². The fourth-order valence-electron chi connectivity index (χ4n) is 5.63. The van der Waals surface area contributed by atoms with Crippen LogP contribution < -0.4 is 10.2 Å². The van der Waals surface area contributed by atoms with Gasteiger partial charge in [-0.05, 0) is 66.6 Å². The first-order valence-corrected chi connectivity index (χ1v) is 13.9. The summed E-state index contributed by atoms with van der Waals surface area (Å²) in [5, 5.41) is 10.8. The number of hydrogen-bond acceptors (Lipinski definition) is 6. The zero-order valence-corrected chi connectivity index (χ0v) is 22.5. The minimum Gasteiger partial charge on any atom is -0.357 e. The highest BCUT2D eigenvalue weighted by molar-refractivity contribution is 6.11. The number of anilines is 2. The quantitative estimate of drug-likeness (QED) is 0.321. The molecule has 1 amide bonds. The van der Waals surface area contributed by atoms with Gasteiger partial charge in [0.15, 0.2) is 5.69 Å². The third-order valence-corrected chi connectivity index (χ3v) is 7.91. The van der Waals surface area contributed by atoms with Gasteiger partial charge < -0.3 is 10.2 Å². The van der Waals surface area contributed by atoms with Gasteiger partial charge in [0.05, 0.1) is 23.9 Å². The molecule has 2 aliphatic heterocycles. The number of likely N-dealkylation sites (tertiary alicyclic amines) is 1. The van der Waals surface area contributed by atoms with E-state index in [-0.39, 0.29) is 24.6 Å². The van der Waals surface area contributed by atoms with Crippen molar-refractivity contribution < 1.29 is 13.6 Å². The largest absolute Gasteiger partial charge is 0.357 e. The molecule has 4 aromatic rings. The lowest BCUT2D eigenvalue weighted by Gasteiger charge is -2.21. The molecular weight excluding hydrogens is 512 g/mol. The van der Waals surface area contributed by atoms with E-state index in [0.29, 0.717) is 24.2 Å². The Morgan fingerprint density at radius 1 is 1.07 bits per heavy atom. The molecule has 0 spiro atoms. The summed E-state index contributed by atoms with van der Waals surface area (Å²) in [6.07, 6.45) is 8.59. The Labute approximate surface area is 231 Å². The lowest BCUT2D eigenvalue weighted by molar-refractivity contribution is 0.0115. The first-order chi connectivity index (χ1) is 19.3. The van der Waals surface area contributed by atoms with Crippen molar-refractivity contribution in [3.05, 3.63) is 66.2 Å². The number of nitrogens with zero attached hydrogens (tertiary/aromatic N) is 5. The number of hydrogen-bond donors (Lipinski definition) is 2. The van der Waals surface area contributed by atoms with E-state index in [9.17, 15) is 13.6 Å². The fourth-order valence-corrected chi connectivity index (χ4v) is 5.63. The maximum absolute atomic E-state index is 13.6. The number of halogens is 2. The van der Waals surface area contributed by atoms with E-state index in [1.165, 1.54) is 6.42 Å². The third-order valence-electron chi connectivity index (χ3n) is 7.91. The number of nitrogens with one attached hydrogen (secondary N) is 2. The van der Waals surface area contributed by atoms with Gasteiger partial charge in [0, 0.05) is 55.9 Å². The molecule has 208 valence electrons. The van der Waals surface area contributed by atoms with Crippen LogP contribution >= 0.6 is 0 Å². The van der Waals surface area contributed by atoms with E-state index in [2.05, 4.69) is 37.3 Å². The number of carbonyl (C=O) groups excluding carboxylic acids is 1. The van der Waals surface area contributed by atoms with Crippen molar-refractivity contribution in [3.63, 3.8) is 0 Å². The molecule has 1 aromatic carbocycles. The van der Waals surface area contributed by atoms with E-state index < -0.39 is 5.92 Å². The normalized spacial score (nSPS) is 19.6. The smallest absolute Gasteiger partial charge is 0.276 e. The topological polar surface area (TPSA) is 90.0 Å². The molecule has 6 rings (SSSR count). The molecule has 1 atom stereocenters. The van der Waals surface area contributed by atoms with Gasteiger partial charge in [-0.1, -0.05) is 13.0 Å². The summed E-state index contributed by atoms with van der Waals surface area (Å²) in [6.45, 7) is 4.85. The average molecular weight is 546 g/mol. The second-order valence-corrected chi connectivity index (χ2v) is 11.1. The van der Waals surface area contributed by atoms with E-state index in [1.807, 2.05) is 36.4 Å². The summed E-state index contributed by atoms with van der Waals surface area (Å²) in [7, 11) is 0. The van der Waals surface area contributed by atoms with Crippen molar-refractivity contribution >= 4 is 28.3 Å². The van der Waals surface area contributed by atoms with Crippen LogP contribution in [0.15, 0.2) is 55.0 Å². The van der Waals surface area contributed by atoms with Gasteiger partial charge in [0.2, 0.25) is 0 Å². The number of benzene rings is 1. The van der Waals surface area contributed by atoms with Crippen LogP contribution in [0.25, 0.3) is 22.0 Å². The molecule has 0 radical (unpaired) electrons. The first-order valence-electron chi connectivity index (χ1n) is 13.9. The van der Waals surface area contributed by atoms with Crippen LogP contribution in [0.2, 0.25) is 0 Å². The molecule has 40 heavy (non-hydrogen) atoms. The highest BCUT2D eigenvalue weighted by Crippen LogP contribution is 2.30. The van der Waals surface area contributed by atoms with Crippen molar-refractivity contribution in [2.75, 3.05) is 36.4 Å². The van der Waals surface area contributed by atoms with Gasteiger partial charge in [-0.2, -0.15) is 5.10 Å². The summed E-state index contributed by atoms with van der Waals surface area (Å²) < 4.78 is 27.2. The number of H-pyrrole nitrogens is 1. The summed E-state index contributed by atoms with van der Waals surface area (Å²) in [6, 6.07) is 11.5. The van der Waals surface area contributed by atoms with Crippen LogP contribution in [0, 0.1) is 5.92 Å². The predicted molar refractivity (Wildman–Crippen MR) is 152 cm³/mol. The van der Waals surface area contributed by atoms with Gasteiger partial charge in [-0.15, -0.1) is 0 Å². The fraction of sp³-hybridized carbons (Fsp3) is 0.400. The SMILES string of the molecule is CC1CCCN(c2ccc(NC(=O)c3n[nH]c4ccc(-c5cncc(CN6CCC(F)(F)C6)c5)cc34)cn2)CC1. The van der Waals surface area contributed by atoms with Crippen LogP contribution in [0.3, 0.4) is 0 Å². The molecule has 0 bridgehead atoms. The first kappa shape index (κ1) is 26.3. The van der Waals surface area contributed by atoms with Gasteiger partial charge in [0.25, 0.3) is 11.8 Å². The Hall–Kier alpha value is -3.92. The molecule has 2 fully saturated rings. The van der Waals surface area contributed by atoms with E-state index >= 15 is 0 Å². The van der Waals surface area contributed by atoms with E-state index in [0.717, 1.165) is 59.9 Å². The Bertz CT molecular complexity index is 1500. The number of aromatic amines is 1. The highest BCUT2D eigenvalue weighted by Gasteiger charge is 2.37. The third kappa shape index (κ3) is 5.82. The Kier molecular flexibility index (Phi) is 7.18. The average Bonchev–Trinajstić information content (AvgIpc) is 3.45. The molecule has 2 N–H and O–H groups in total. The number of alkyl halides is 2. The Morgan fingerprint density at radius 2 is 1.98 bits per heavy atom. The lowest BCUT2D eigenvalue weighted by atomic mass is 10.0. The maximum atomic E-state index is 13.6. The van der Waals surface area contributed by atoms with Crippen LogP contribution in [0.4, 0.5) is 20.3 Å². The van der Waals surface area contributed by atoms with Crippen LogP contribution in [-0.2, 0) is 6.54 Å². The van der Waals surface area contributed by atoms with Crippen LogP contribution in [0.1, 0.15) is 48.7 Å². The zero-order chi connectivity index (χ0) is 27.7. The number of carbonyl (C=O) groups is 1.